The molecule has 23 heavy (non-hydrogen) atoms. The second kappa shape index (κ2) is 6.96. The second-order valence-corrected chi connectivity index (χ2v) is 7.61. The molecule has 0 fully saturated rings. The molecule has 1 aliphatic rings. The van der Waals surface area contributed by atoms with Crippen LogP contribution >= 0.6 is 11.6 Å². The van der Waals surface area contributed by atoms with Gasteiger partial charge in [-0.25, -0.2) is 4.79 Å². The fraction of sp³-hybridized carbons (Fsp3) is 0.526. The van der Waals surface area contributed by atoms with Crippen molar-refractivity contribution in [2.45, 2.75) is 59.1 Å². The van der Waals surface area contributed by atoms with Crippen LogP contribution in [-0.2, 0) is 11.2 Å². The van der Waals surface area contributed by atoms with Gasteiger partial charge in [0.1, 0.15) is 5.60 Å². The van der Waals surface area contributed by atoms with Crippen molar-refractivity contribution in [3.8, 4) is 0 Å². The summed E-state index contributed by atoms with van der Waals surface area (Å²) in [6, 6.07) is 8.16. The van der Waals surface area contributed by atoms with Crippen molar-refractivity contribution in [2.24, 2.45) is 5.92 Å². The van der Waals surface area contributed by atoms with Gasteiger partial charge in [-0.05, 0) is 58.1 Å². The quantitative estimate of drug-likeness (QED) is 0.727. The molecule has 0 spiro atoms. The van der Waals surface area contributed by atoms with Gasteiger partial charge >= 0.3 is 6.09 Å². The Balaban J connectivity index is 2.29. The number of para-hydroxylation sites is 1. The number of fused-ring (bicyclic) bond motifs is 1. The monoisotopic (exact) mass is 335 g/mol. The highest BCUT2D eigenvalue weighted by atomic mass is 35.5. The van der Waals surface area contributed by atoms with Crippen LogP contribution in [0.1, 0.15) is 46.6 Å². The number of anilines is 1. The van der Waals surface area contributed by atoms with Crippen molar-refractivity contribution in [1.29, 1.82) is 0 Å². The summed E-state index contributed by atoms with van der Waals surface area (Å²) in [7, 11) is 0. The normalized spacial score (nSPS) is 19.5. The van der Waals surface area contributed by atoms with Crippen LogP contribution in [-0.4, -0.2) is 17.7 Å². The van der Waals surface area contributed by atoms with E-state index in [1.165, 1.54) is 5.56 Å². The van der Waals surface area contributed by atoms with E-state index < -0.39 is 5.60 Å². The summed E-state index contributed by atoms with van der Waals surface area (Å²) >= 11 is 5.81. The van der Waals surface area contributed by atoms with Gasteiger partial charge in [-0.3, -0.25) is 4.90 Å². The lowest BCUT2D eigenvalue weighted by Crippen LogP contribution is -2.44. The maximum atomic E-state index is 12.8. The van der Waals surface area contributed by atoms with E-state index in [2.05, 4.69) is 13.0 Å². The first-order chi connectivity index (χ1) is 10.7. The molecule has 4 heteroatoms. The van der Waals surface area contributed by atoms with Gasteiger partial charge in [-0.2, -0.15) is 0 Å². The number of rotatable bonds is 3. The summed E-state index contributed by atoms with van der Waals surface area (Å²) in [5.41, 5.74) is 4.40. The Morgan fingerprint density at radius 1 is 1.43 bits per heavy atom. The molecule has 0 unspecified atom stereocenters. The van der Waals surface area contributed by atoms with Crippen LogP contribution in [0.2, 0.25) is 0 Å². The minimum absolute atomic E-state index is 0.0915. The van der Waals surface area contributed by atoms with Crippen LogP contribution in [0.15, 0.2) is 35.4 Å². The lowest BCUT2D eigenvalue weighted by Gasteiger charge is -2.32. The summed E-state index contributed by atoms with van der Waals surface area (Å²) in [4.78, 5) is 14.6. The number of benzene rings is 1. The smallest absolute Gasteiger partial charge is 0.415 e. The minimum atomic E-state index is -0.506. The van der Waals surface area contributed by atoms with Gasteiger partial charge in [0.15, 0.2) is 0 Å². The predicted molar refractivity (Wildman–Crippen MR) is 96.0 cm³/mol. The van der Waals surface area contributed by atoms with Gasteiger partial charge in [0.05, 0.1) is 5.69 Å². The second-order valence-electron chi connectivity index (χ2n) is 7.39. The Kier molecular flexibility index (Phi) is 5.41. The van der Waals surface area contributed by atoms with Crippen molar-refractivity contribution in [3.05, 3.63) is 40.9 Å². The molecule has 1 heterocycles. The molecule has 0 N–H and O–H groups in total. The maximum absolute atomic E-state index is 12.8. The largest absolute Gasteiger partial charge is 0.443 e. The summed E-state index contributed by atoms with van der Waals surface area (Å²) in [6.07, 6.45) is 1.44. The molecule has 0 bridgehead atoms. The van der Waals surface area contributed by atoms with E-state index in [-0.39, 0.29) is 12.1 Å². The molecule has 0 aromatic heterocycles. The van der Waals surface area contributed by atoms with E-state index in [4.69, 9.17) is 16.3 Å². The average molecular weight is 336 g/mol. The Morgan fingerprint density at radius 3 is 2.70 bits per heavy atom. The summed E-state index contributed by atoms with van der Waals surface area (Å²) in [5.74, 6) is 0.296. The maximum Gasteiger partial charge on any atom is 0.415 e. The fourth-order valence-electron chi connectivity index (χ4n) is 3.10. The summed E-state index contributed by atoms with van der Waals surface area (Å²) in [5, 5.41) is 0. The van der Waals surface area contributed by atoms with Crippen LogP contribution in [0, 0.1) is 5.92 Å². The molecule has 0 saturated carbocycles. The van der Waals surface area contributed by atoms with Crippen LogP contribution < -0.4 is 4.90 Å². The minimum Gasteiger partial charge on any atom is -0.443 e. The molecular formula is C19H26ClNO2. The number of nitrogens with zero attached hydrogens (tertiary/aromatic N) is 1. The Hall–Kier alpha value is -1.48. The molecule has 0 radical (unpaired) electrons. The molecule has 0 aliphatic carbocycles. The van der Waals surface area contributed by atoms with Gasteiger partial charge in [0.25, 0.3) is 0 Å². The van der Waals surface area contributed by atoms with Crippen molar-refractivity contribution in [2.75, 3.05) is 4.90 Å². The lowest BCUT2D eigenvalue weighted by molar-refractivity contribution is 0.0560. The number of halogens is 1. The van der Waals surface area contributed by atoms with Crippen LogP contribution in [0.3, 0.4) is 0 Å². The third kappa shape index (κ3) is 4.29. The van der Waals surface area contributed by atoms with Gasteiger partial charge in [0.2, 0.25) is 0 Å². The number of hydrogen-bond acceptors (Lipinski definition) is 2. The van der Waals surface area contributed by atoms with Crippen LogP contribution in [0.25, 0.3) is 0 Å². The molecule has 1 aliphatic heterocycles. The molecule has 0 saturated heterocycles. The highest BCUT2D eigenvalue weighted by Gasteiger charge is 2.38. The third-order valence-corrected chi connectivity index (χ3v) is 4.46. The lowest BCUT2D eigenvalue weighted by atomic mass is 9.92. The first kappa shape index (κ1) is 17.9. The molecule has 1 aromatic carbocycles. The number of carbonyl (C=O) groups excluding carboxylic acids is 1. The van der Waals surface area contributed by atoms with E-state index >= 15 is 0 Å². The van der Waals surface area contributed by atoms with Crippen LogP contribution in [0.5, 0.6) is 0 Å². The van der Waals surface area contributed by atoms with Crippen LogP contribution in [0.4, 0.5) is 10.5 Å². The first-order valence-corrected chi connectivity index (χ1v) is 8.52. The topological polar surface area (TPSA) is 29.5 Å². The highest BCUT2D eigenvalue weighted by molar-refractivity contribution is 6.25. The number of hydrogen-bond donors (Lipinski definition) is 0. The van der Waals surface area contributed by atoms with E-state index in [1.807, 2.05) is 50.8 Å². The van der Waals surface area contributed by atoms with E-state index in [0.717, 1.165) is 24.1 Å². The zero-order valence-electron chi connectivity index (χ0n) is 14.6. The zero-order chi connectivity index (χ0) is 17.2. The molecule has 2 rings (SSSR count). The van der Waals surface area contributed by atoms with Crippen molar-refractivity contribution >= 4 is 23.4 Å². The van der Waals surface area contributed by atoms with E-state index in [9.17, 15) is 4.79 Å². The van der Waals surface area contributed by atoms with E-state index in [1.54, 1.807) is 5.54 Å². The molecule has 3 nitrogen and oxygen atoms in total. The predicted octanol–water partition coefficient (Wildman–Crippen LogP) is 5.52. The van der Waals surface area contributed by atoms with Gasteiger partial charge in [-0.15, -0.1) is 0 Å². The van der Waals surface area contributed by atoms with Gasteiger partial charge < -0.3 is 4.74 Å². The SMILES string of the molecule is C/C(=C\Cl)C[C@@H](C)[C@H]1Cc2ccccc2N1C(=O)OC(C)(C)C. The number of ether oxygens (including phenoxy) is 1. The van der Waals surface area contributed by atoms with Gasteiger partial charge in [0, 0.05) is 11.6 Å². The Labute approximate surface area is 144 Å². The molecular weight excluding hydrogens is 310 g/mol. The van der Waals surface area contributed by atoms with Crippen molar-refractivity contribution in [1.82, 2.24) is 0 Å². The fourth-order valence-corrected chi connectivity index (χ4v) is 3.19. The van der Waals surface area contributed by atoms with Gasteiger partial charge in [-0.1, -0.05) is 42.3 Å². The first-order valence-electron chi connectivity index (χ1n) is 8.09. The highest BCUT2D eigenvalue weighted by Crippen LogP contribution is 2.37. The zero-order valence-corrected chi connectivity index (χ0v) is 15.4. The Bertz CT molecular complexity index is 604. The average Bonchev–Trinajstić information content (AvgIpc) is 2.84. The molecule has 1 amide bonds. The summed E-state index contributed by atoms with van der Waals surface area (Å²) in [6.45, 7) is 9.87. The Morgan fingerprint density at radius 2 is 2.09 bits per heavy atom. The number of amides is 1. The molecule has 1 aromatic rings. The number of allylic oxidation sites excluding steroid dienone is 1. The van der Waals surface area contributed by atoms with Crippen molar-refractivity contribution < 1.29 is 9.53 Å². The standard InChI is InChI=1S/C19H26ClNO2/c1-13(12-20)10-14(2)17-11-15-8-6-7-9-16(15)21(17)18(22)23-19(3,4)5/h6-9,12,14,17H,10-11H2,1-5H3/b13-12+/t14-,17-/m1/s1. The third-order valence-electron chi connectivity index (χ3n) is 4.09. The number of carbonyl (C=O) groups is 1. The van der Waals surface area contributed by atoms with Crippen molar-refractivity contribution in [3.63, 3.8) is 0 Å². The molecule has 2 atom stereocenters. The van der Waals surface area contributed by atoms with E-state index in [0.29, 0.717) is 5.92 Å². The summed E-state index contributed by atoms with van der Waals surface area (Å²) < 4.78 is 5.64. The molecule has 126 valence electrons.